The van der Waals surface area contributed by atoms with Crippen LogP contribution in [0.1, 0.15) is 18.9 Å². The van der Waals surface area contributed by atoms with Crippen LogP contribution < -0.4 is 15.0 Å². The van der Waals surface area contributed by atoms with Crippen LogP contribution in [0.4, 0.5) is 5.69 Å². The Hall–Kier alpha value is -2.82. The predicted molar refractivity (Wildman–Crippen MR) is 96.4 cm³/mol. The molecule has 0 aliphatic carbocycles. The number of benzene rings is 2. The Balaban J connectivity index is 1.61. The lowest BCUT2D eigenvalue weighted by Crippen LogP contribution is -2.36. The Morgan fingerprint density at radius 3 is 2.56 bits per heavy atom. The summed E-state index contributed by atoms with van der Waals surface area (Å²) in [6.07, 6.45) is 0.553. The second kappa shape index (κ2) is 7.83. The smallest absolute Gasteiger partial charge is 0.239 e. The second-order valence-electron chi connectivity index (χ2n) is 5.99. The van der Waals surface area contributed by atoms with Gasteiger partial charge in [0.25, 0.3) is 0 Å². The number of rotatable bonds is 6. The normalized spacial score (nSPS) is 16.8. The van der Waals surface area contributed by atoms with E-state index in [1.54, 1.807) is 4.90 Å². The molecule has 1 heterocycles. The maximum absolute atomic E-state index is 12.5. The molecule has 1 saturated heterocycles. The molecule has 25 heavy (non-hydrogen) atoms. The highest BCUT2D eigenvalue weighted by Gasteiger charge is 2.37. The Morgan fingerprint density at radius 1 is 1.16 bits per heavy atom. The second-order valence-corrected chi connectivity index (χ2v) is 5.99. The Morgan fingerprint density at radius 2 is 1.88 bits per heavy atom. The van der Waals surface area contributed by atoms with Crippen molar-refractivity contribution in [3.63, 3.8) is 0 Å². The third-order valence-corrected chi connectivity index (χ3v) is 4.27. The standard InChI is InChI=1S/C20H22N2O3/c1-2-21-19(23)18-12-13-22(20(18)24)16-8-10-17(11-9-16)25-14-15-6-4-3-5-7-15/h3-11,18H,2,12-14H2,1H3,(H,21,23). The monoisotopic (exact) mass is 338 g/mol. The number of ether oxygens (including phenoxy) is 1. The summed E-state index contributed by atoms with van der Waals surface area (Å²) in [6.45, 7) is 3.45. The molecule has 1 unspecified atom stereocenters. The number of hydrogen-bond acceptors (Lipinski definition) is 3. The van der Waals surface area contributed by atoms with Crippen molar-refractivity contribution < 1.29 is 14.3 Å². The van der Waals surface area contributed by atoms with Crippen LogP contribution >= 0.6 is 0 Å². The van der Waals surface area contributed by atoms with Crippen molar-refractivity contribution in [3.05, 3.63) is 60.2 Å². The number of carbonyl (C=O) groups excluding carboxylic acids is 2. The van der Waals surface area contributed by atoms with E-state index in [-0.39, 0.29) is 11.8 Å². The van der Waals surface area contributed by atoms with Crippen LogP contribution in [-0.4, -0.2) is 24.9 Å². The van der Waals surface area contributed by atoms with Gasteiger partial charge in [0.15, 0.2) is 0 Å². The fourth-order valence-electron chi connectivity index (χ4n) is 2.94. The van der Waals surface area contributed by atoms with Crippen LogP contribution in [0.25, 0.3) is 0 Å². The molecule has 1 fully saturated rings. The van der Waals surface area contributed by atoms with E-state index in [1.807, 2.05) is 61.5 Å². The molecule has 130 valence electrons. The van der Waals surface area contributed by atoms with Gasteiger partial charge in [-0.3, -0.25) is 9.59 Å². The number of amides is 2. The molecule has 1 aliphatic rings. The lowest BCUT2D eigenvalue weighted by molar-refractivity contribution is -0.132. The molecule has 0 radical (unpaired) electrons. The summed E-state index contributed by atoms with van der Waals surface area (Å²) in [5, 5.41) is 2.72. The molecule has 2 amide bonds. The van der Waals surface area contributed by atoms with Crippen molar-refractivity contribution in [1.82, 2.24) is 5.32 Å². The number of carbonyl (C=O) groups is 2. The van der Waals surface area contributed by atoms with E-state index in [0.717, 1.165) is 17.0 Å². The fraction of sp³-hybridized carbons (Fsp3) is 0.300. The van der Waals surface area contributed by atoms with Gasteiger partial charge in [0.2, 0.25) is 11.8 Å². The predicted octanol–water partition coefficient (Wildman–Crippen LogP) is 2.75. The molecule has 0 spiro atoms. The van der Waals surface area contributed by atoms with Crippen LogP contribution in [0, 0.1) is 5.92 Å². The zero-order chi connectivity index (χ0) is 17.6. The van der Waals surface area contributed by atoms with Crippen molar-refractivity contribution in [3.8, 4) is 5.75 Å². The van der Waals surface area contributed by atoms with Gasteiger partial charge in [-0.1, -0.05) is 30.3 Å². The van der Waals surface area contributed by atoms with E-state index < -0.39 is 5.92 Å². The van der Waals surface area contributed by atoms with E-state index in [9.17, 15) is 9.59 Å². The first-order valence-corrected chi connectivity index (χ1v) is 8.55. The van der Waals surface area contributed by atoms with Crippen molar-refractivity contribution in [2.75, 3.05) is 18.0 Å². The first kappa shape index (κ1) is 17.0. The molecular formula is C20H22N2O3. The minimum absolute atomic E-state index is 0.135. The molecule has 0 bridgehead atoms. The molecule has 0 saturated carbocycles. The van der Waals surface area contributed by atoms with E-state index in [4.69, 9.17) is 4.74 Å². The van der Waals surface area contributed by atoms with Gasteiger partial charge in [0.05, 0.1) is 0 Å². The number of hydrogen-bond donors (Lipinski definition) is 1. The highest BCUT2D eigenvalue weighted by atomic mass is 16.5. The summed E-state index contributed by atoms with van der Waals surface area (Å²) in [4.78, 5) is 26.0. The zero-order valence-corrected chi connectivity index (χ0v) is 14.3. The van der Waals surface area contributed by atoms with Gasteiger partial charge in [-0.05, 0) is 43.2 Å². The minimum Gasteiger partial charge on any atom is -0.489 e. The highest BCUT2D eigenvalue weighted by molar-refractivity contribution is 6.09. The summed E-state index contributed by atoms with van der Waals surface area (Å²) in [6, 6.07) is 17.4. The molecule has 1 aliphatic heterocycles. The van der Waals surface area contributed by atoms with Gasteiger partial charge < -0.3 is 15.0 Å². The molecule has 3 rings (SSSR count). The maximum Gasteiger partial charge on any atom is 0.239 e. The summed E-state index contributed by atoms with van der Waals surface area (Å²) in [7, 11) is 0. The third kappa shape index (κ3) is 3.99. The Kier molecular flexibility index (Phi) is 5.33. The summed E-state index contributed by atoms with van der Waals surface area (Å²) in [5.74, 6) is -0.143. The van der Waals surface area contributed by atoms with Gasteiger partial charge >= 0.3 is 0 Å². The third-order valence-electron chi connectivity index (χ3n) is 4.27. The lowest BCUT2D eigenvalue weighted by atomic mass is 10.1. The first-order valence-electron chi connectivity index (χ1n) is 8.55. The van der Waals surface area contributed by atoms with Crippen LogP contribution in [0.2, 0.25) is 0 Å². The average Bonchev–Trinajstić information content (AvgIpc) is 3.03. The fourth-order valence-corrected chi connectivity index (χ4v) is 2.94. The SMILES string of the molecule is CCNC(=O)C1CCN(c2ccc(OCc3ccccc3)cc2)C1=O. The summed E-state index contributed by atoms with van der Waals surface area (Å²) >= 11 is 0. The largest absolute Gasteiger partial charge is 0.489 e. The maximum atomic E-state index is 12.5. The first-order chi connectivity index (χ1) is 12.2. The van der Waals surface area contributed by atoms with E-state index in [1.165, 1.54) is 0 Å². The molecule has 1 N–H and O–H groups in total. The van der Waals surface area contributed by atoms with Crippen molar-refractivity contribution in [2.24, 2.45) is 5.92 Å². The van der Waals surface area contributed by atoms with Crippen molar-refractivity contribution >= 4 is 17.5 Å². The molecule has 5 nitrogen and oxygen atoms in total. The van der Waals surface area contributed by atoms with Gasteiger partial charge in [-0.15, -0.1) is 0 Å². The number of nitrogens with one attached hydrogen (secondary N) is 1. The minimum atomic E-state index is -0.575. The molecule has 1 atom stereocenters. The van der Waals surface area contributed by atoms with Crippen LogP contribution in [0.3, 0.4) is 0 Å². The van der Waals surface area contributed by atoms with Crippen LogP contribution in [0.5, 0.6) is 5.75 Å². The van der Waals surface area contributed by atoms with Gasteiger partial charge in [0, 0.05) is 18.8 Å². The van der Waals surface area contributed by atoms with Gasteiger partial charge in [-0.25, -0.2) is 0 Å². The zero-order valence-electron chi connectivity index (χ0n) is 14.3. The quantitative estimate of drug-likeness (QED) is 0.824. The molecule has 0 aromatic heterocycles. The number of anilines is 1. The number of nitrogens with zero attached hydrogens (tertiary/aromatic N) is 1. The van der Waals surface area contributed by atoms with Crippen LogP contribution in [0.15, 0.2) is 54.6 Å². The van der Waals surface area contributed by atoms with Gasteiger partial charge in [-0.2, -0.15) is 0 Å². The Labute approximate surface area is 147 Å². The van der Waals surface area contributed by atoms with Crippen molar-refractivity contribution in [2.45, 2.75) is 20.0 Å². The molecule has 2 aromatic carbocycles. The summed E-state index contributed by atoms with van der Waals surface area (Å²) < 4.78 is 5.76. The highest BCUT2D eigenvalue weighted by Crippen LogP contribution is 2.27. The molecule has 5 heteroatoms. The van der Waals surface area contributed by atoms with Crippen LogP contribution in [-0.2, 0) is 16.2 Å². The lowest BCUT2D eigenvalue weighted by Gasteiger charge is -2.17. The topological polar surface area (TPSA) is 58.6 Å². The van der Waals surface area contributed by atoms with E-state index in [2.05, 4.69) is 5.32 Å². The molecule has 2 aromatic rings. The van der Waals surface area contributed by atoms with Crippen molar-refractivity contribution in [1.29, 1.82) is 0 Å². The summed E-state index contributed by atoms with van der Waals surface area (Å²) in [5.41, 5.74) is 1.90. The van der Waals surface area contributed by atoms with E-state index >= 15 is 0 Å². The molecular weight excluding hydrogens is 316 g/mol. The van der Waals surface area contributed by atoms with Gasteiger partial charge in [0.1, 0.15) is 18.3 Å². The Bertz CT molecular complexity index is 728. The average molecular weight is 338 g/mol. The van der Waals surface area contributed by atoms with E-state index in [0.29, 0.717) is 26.1 Å².